The monoisotopic (exact) mass is 194 g/mol. The number of carboxylic acids is 1. The maximum absolute atomic E-state index is 10.8. The van der Waals surface area contributed by atoms with Crippen LogP contribution in [0.15, 0.2) is 12.1 Å². The number of carbonyl (C=O) groups excluding carboxylic acids is 1. The van der Waals surface area contributed by atoms with Crippen molar-refractivity contribution in [3.8, 4) is 5.75 Å². The van der Waals surface area contributed by atoms with Gasteiger partial charge < -0.3 is 9.84 Å². The van der Waals surface area contributed by atoms with Crippen molar-refractivity contribution >= 4 is 12.3 Å². The molecule has 4 nitrogen and oxygen atoms in total. The first kappa shape index (κ1) is 10.2. The lowest BCUT2D eigenvalue weighted by Gasteiger charge is -2.09. The largest absolute Gasteiger partial charge is 0.496 e. The zero-order valence-electron chi connectivity index (χ0n) is 7.90. The van der Waals surface area contributed by atoms with Gasteiger partial charge in [-0.1, -0.05) is 6.07 Å². The van der Waals surface area contributed by atoms with Gasteiger partial charge in [0.15, 0.2) is 0 Å². The molecule has 0 spiro atoms. The van der Waals surface area contributed by atoms with Gasteiger partial charge in [-0.3, -0.25) is 4.79 Å². The van der Waals surface area contributed by atoms with Crippen molar-refractivity contribution in [2.45, 2.75) is 6.92 Å². The van der Waals surface area contributed by atoms with E-state index in [2.05, 4.69) is 0 Å². The number of aldehydes is 1. The molecule has 1 aromatic rings. The molecule has 0 aliphatic heterocycles. The van der Waals surface area contributed by atoms with Gasteiger partial charge in [0.1, 0.15) is 17.6 Å². The quantitative estimate of drug-likeness (QED) is 0.741. The number of aromatic carboxylic acids is 1. The first-order valence-electron chi connectivity index (χ1n) is 3.98. The van der Waals surface area contributed by atoms with E-state index < -0.39 is 5.97 Å². The van der Waals surface area contributed by atoms with Crippen molar-refractivity contribution in [3.63, 3.8) is 0 Å². The Bertz CT molecular complexity index is 382. The van der Waals surface area contributed by atoms with Gasteiger partial charge >= 0.3 is 5.97 Å². The molecule has 0 atom stereocenters. The summed E-state index contributed by atoms with van der Waals surface area (Å²) in [5.41, 5.74) is 1.05. The molecule has 0 amide bonds. The topological polar surface area (TPSA) is 63.6 Å². The van der Waals surface area contributed by atoms with Crippen molar-refractivity contribution in [1.82, 2.24) is 0 Å². The summed E-state index contributed by atoms with van der Waals surface area (Å²) >= 11 is 0. The number of ether oxygens (including phenoxy) is 1. The molecule has 1 rings (SSSR count). The third-order valence-electron chi connectivity index (χ3n) is 2.01. The van der Waals surface area contributed by atoms with Gasteiger partial charge in [0.2, 0.25) is 0 Å². The fraction of sp³-hybridized carbons (Fsp3) is 0.200. The Labute approximate surface area is 81.1 Å². The van der Waals surface area contributed by atoms with Gasteiger partial charge in [0.05, 0.1) is 7.11 Å². The van der Waals surface area contributed by atoms with Gasteiger partial charge in [-0.25, -0.2) is 4.79 Å². The van der Waals surface area contributed by atoms with Crippen LogP contribution in [0.1, 0.15) is 26.3 Å². The lowest BCUT2D eigenvalue weighted by molar-refractivity contribution is 0.0692. The highest BCUT2D eigenvalue weighted by Gasteiger charge is 2.14. The van der Waals surface area contributed by atoms with Crippen LogP contribution >= 0.6 is 0 Å². The molecule has 74 valence electrons. The summed E-state index contributed by atoms with van der Waals surface area (Å²) in [6, 6.07) is 2.83. The summed E-state index contributed by atoms with van der Waals surface area (Å²) in [6.07, 6.45) is 0.670. The Morgan fingerprint density at radius 3 is 2.57 bits per heavy atom. The Morgan fingerprint density at radius 2 is 2.14 bits per heavy atom. The van der Waals surface area contributed by atoms with Crippen molar-refractivity contribution in [2.75, 3.05) is 7.11 Å². The number of carboxylic acid groups (broad SMARTS) is 1. The average Bonchev–Trinajstić information content (AvgIpc) is 2.17. The van der Waals surface area contributed by atoms with E-state index in [-0.39, 0.29) is 11.3 Å². The average molecular weight is 194 g/mol. The number of hydrogen-bond acceptors (Lipinski definition) is 3. The van der Waals surface area contributed by atoms with Crippen LogP contribution in [-0.4, -0.2) is 24.5 Å². The number of methoxy groups -OCH3 is 1. The number of hydrogen-bond donors (Lipinski definition) is 1. The maximum atomic E-state index is 10.8. The second kappa shape index (κ2) is 3.91. The highest BCUT2D eigenvalue weighted by atomic mass is 16.5. The Balaban J connectivity index is 3.43. The molecule has 0 fully saturated rings. The van der Waals surface area contributed by atoms with E-state index >= 15 is 0 Å². The fourth-order valence-electron chi connectivity index (χ4n) is 1.27. The third kappa shape index (κ3) is 1.59. The Kier molecular flexibility index (Phi) is 2.86. The van der Waals surface area contributed by atoms with Gasteiger partial charge in [0.25, 0.3) is 0 Å². The SMILES string of the molecule is COc1c(C(=O)O)ccc(C=O)c1C. The second-order valence-corrected chi connectivity index (χ2v) is 2.78. The lowest BCUT2D eigenvalue weighted by Crippen LogP contribution is -2.03. The Hall–Kier alpha value is -1.84. The summed E-state index contributed by atoms with van der Waals surface area (Å²) in [7, 11) is 1.38. The van der Waals surface area contributed by atoms with Crippen LogP contribution in [0, 0.1) is 6.92 Å². The van der Waals surface area contributed by atoms with E-state index in [0.29, 0.717) is 17.4 Å². The van der Waals surface area contributed by atoms with Gasteiger partial charge in [-0.05, 0) is 13.0 Å². The number of carbonyl (C=O) groups is 2. The van der Waals surface area contributed by atoms with Crippen LogP contribution < -0.4 is 4.74 Å². The summed E-state index contributed by atoms with van der Waals surface area (Å²) in [6.45, 7) is 1.65. The number of rotatable bonds is 3. The predicted octanol–water partition coefficient (Wildman–Crippen LogP) is 1.51. The summed E-state index contributed by atoms with van der Waals surface area (Å²) in [5.74, 6) is -0.829. The van der Waals surface area contributed by atoms with Crippen LogP contribution in [0.3, 0.4) is 0 Å². The van der Waals surface area contributed by atoms with E-state index in [0.717, 1.165) is 0 Å². The minimum atomic E-state index is -1.07. The van der Waals surface area contributed by atoms with Crippen LogP contribution in [0.5, 0.6) is 5.75 Å². The fourth-order valence-corrected chi connectivity index (χ4v) is 1.27. The van der Waals surface area contributed by atoms with E-state index in [4.69, 9.17) is 9.84 Å². The summed E-state index contributed by atoms with van der Waals surface area (Å²) < 4.78 is 4.94. The van der Waals surface area contributed by atoms with Gasteiger partial charge in [-0.2, -0.15) is 0 Å². The number of benzene rings is 1. The molecular weight excluding hydrogens is 184 g/mol. The van der Waals surface area contributed by atoms with Crippen molar-refractivity contribution in [3.05, 3.63) is 28.8 Å². The molecule has 0 bridgehead atoms. The standard InChI is InChI=1S/C10H10O4/c1-6-7(5-11)3-4-8(10(12)13)9(6)14-2/h3-5H,1-2H3,(H,12,13). The molecular formula is C10H10O4. The minimum Gasteiger partial charge on any atom is -0.496 e. The zero-order chi connectivity index (χ0) is 10.7. The zero-order valence-corrected chi connectivity index (χ0v) is 7.90. The smallest absolute Gasteiger partial charge is 0.339 e. The molecule has 4 heteroatoms. The molecule has 0 saturated carbocycles. The van der Waals surface area contributed by atoms with Crippen LogP contribution in [0.4, 0.5) is 0 Å². The maximum Gasteiger partial charge on any atom is 0.339 e. The van der Waals surface area contributed by atoms with Crippen LogP contribution in [0.2, 0.25) is 0 Å². The third-order valence-corrected chi connectivity index (χ3v) is 2.01. The van der Waals surface area contributed by atoms with Gasteiger partial charge in [-0.15, -0.1) is 0 Å². The molecule has 0 unspecified atom stereocenters. The second-order valence-electron chi connectivity index (χ2n) is 2.78. The lowest BCUT2D eigenvalue weighted by atomic mass is 10.0. The van der Waals surface area contributed by atoms with Crippen LogP contribution in [0.25, 0.3) is 0 Å². The van der Waals surface area contributed by atoms with Crippen molar-refractivity contribution < 1.29 is 19.4 Å². The summed E-state index contributed by atoms with van der Waals surface area (Å²) in [5, 5.41) is 8.82. The minimum absolute atomic E-state index is 0.0654. The van der Waals surface area contributed by atoms with Gasteiger partial charge in [0, 0.05) is 11.1 Å². The molecule has 14 heavy (non-hydrogen) atoms. The van der Waals surface area contributed by atoms with E-state index in [9.17, 15) is 9.59 Å². The highest BCUT2D eigenvalue weighted by Crippen LogP contribution is 2.25. The summed E-state index contributed by atoms with van der Waals surface area (Å²) in [4.78, 5) is 21.3. The van der Waals surface area contributed by atoms with Crippen LogP contribution in [-0.2, 0) is 0 Å². The van der Waals surface area contributed by atoms with Crippen molar-refractivity contribution in [2.24, 2.45) is 0 Å². The molecule has 0 saturated heterocycles. The van der Waals surface area contributed by atoms with E-state index in [1.165, 1.54) is 19.2 Å². The first-order chi connectivity index (χ1) is 6.61. The molecule has 0 radical (unpaired) electrons. The van der Waals surface area contributed by atoms with E-state index in [1.807, 2.05) is 0 Å². The highest BCUT2D eigenvalue weighted by molar-refractivity contribution is 5.93. The molecule has 0 heterocycles. The molecule has 1 aromatic carbocycles. The van der Waals surface area contributed by atoms with Crippen molar-refractivity contribution in [1.29, 1.82) is 0 Å². The molecule has 0 aromatic heterocycles. The molecule has 0 aliphatic rings. The van der Waals surface area contributed by atoms with E-state index in [1.54, 1.807) is 6.92 Å². The normalized spacial score (nSPS) is 9.57. The predicted molar refractivity (Wildman–Crippen MR) is 50.1 cm³/mol. The first-order valence-corrected chi connectivity index (χ1v) is 3.98. The Morgan fingerprint density at radius 1 is 1.50 bits per heavy atom. The molecule has 1 N–H and O–H groups in total. The molecule has 0 aliphatic carbocycles.